The number of amides is 1. The topological polar surface area (TPSA) is 94.2 Å². The highest BCUT2D eigenvalue weighted by atomic mass is 19.4. The number of aromatic nitrogens is 4. The molecule has 1 unspecified atom stereocenters. The highest BCUT2D eigenvalue weighted by molar-refractivity contribution is 5.94. The lowest BCUT2D eigenvalue weighted by molar-refractivity contribution is -0.159. The van der Waals surface area contributed by atoms with Crippen LogP contribution in [-0.2, 0) is 15.7 Å². The zero-order valence-corrected chi connectivity index (χ0v) is 14.1. The summed E-state index contributed by atoms with van der Waals surface area (Å²) < 4.78 is 47.3. The molecule has 1 amide bonds. The molecule has 3 heterocycles. The van der Waals surface area contributed by atoms with Gasteiger partial charge in [-0.2, -0.15) is 18.2 Å². The van der Waals surface area contributed by atoms with Gasteiger partial charge in [-0.3, -0.25) is 9.69 Å². The molecule has 144 valence electrons. The van der Waals surface area contributed by atoms with Gasteiger partial charge in [0.25, 0.3) is 5.91 Å². The zero-order valence-electron chi connectivity index (χ0n) is 14.1. The van der Waals surface area contributed by atoms with E-state index in [9.17, 15) is 18.0 Å². The van der Waals surface area contributed by atoms with E-state index in [1.165, 1.54) is 17.0 Å². The zero-order chi connectivity index (χ0) is 19.7. The predicted octanol–water partition coefficient (Wildman–Crippen LogP) is 2.65. The predicted molar refractivity (Wildman–Crippen MR) is 87.8 cm³/mol. The summed E-state index contributed by atoms with van der Waals surface area (Å²) in [5.74, 6) is -1.88. The van der Waals surface area contributed by atoms with Gasteiger partial charge in [-0.05, 0) is 17.7 Å². The van der Waals surface area contributed by atoms with Crippen molar-refractivity contribution in [1.82, 2.24) is 20.3 Å². The SMILES string of the molecule is O=C1COCC(c2ccccc2)N1c1ccc(-c2noc(C(F)(F)F)n2)nn1. The average molecular weight is 391 g/mol. The number of rotatable bonds is 3. The molecule has 2 aromatic heterocycles. The highest BCUT2D eigenvalue weighted by Crippen LogP contribution is 2.31. The summed E-state index contributed by atoms with van der Waals surface area (Å²) in [6, 6.07) is 11.7. The second-order valence-corrected chi connectivity index (χ2v) is 5.90. The molecule has 4 rings (SSSR count). The van der Waals surface area contributed by atoms with Crippen LogP contribution in [0.15, 0.2) is 47.0 Å². The van der Waals surface area contributed by atoms with Crippen molar-refractivity contribution in [1.29, 1.82) is 0 Å². The largest absolute Gasteiger partial charge is 0.471 e. The van der Waals surface area contributed by atoms with Gasteiger partial charge in [-0.15, -0.1) is 10.2 Å². The number of morpholine rings is 1. The number of anilines is 1. The molecule has 1 aliphatic rings. The van der Waals surface area contributed by atoms with Crippen LogP contribution in [0.4, 0.5) is 19.0 Å². The molecule has 0 saturated carbocycles. The van der Waals surface area contributed by atoms with Crippen molar-refractivity contribution in [2.45, 2.75) is 12.2 Å². The van der Waals surface area contributed by atoms with Crippen LogP contribution in [0.5, 0.6) is 0 Å². The van der Waals surface area contributed by atoms with Gasteiger partial charge in [0.15, 0.2) is 5.82 Å². The third-order valence-electron chi connectivity index (χ3n) is 4.06. The van der Waals surface area contributed by atoms with Gasteiger partial charge in [0, 0.05) is 0 Å². The summed E-state index contributed by atoms with van der Waals surface area (Å²) in [6.45, 7) is 0.172. The fourth-order valence-corrected chi connectivity index (χ4v) is 2.80. The molecule has 1 aromatic carbocycles. The minimum absolute atomic E-state index is 0.0139. The van der Waals surface area contributed by atoms with Crippen molar-refractivity contribution in [2.24, 2.45) is 0 Å². The number of carbonyl (C=O) groups is 1. The van der Waals surface area contributed by atoms with Crippen molar-refractivity contribution in [3.8, 4) is 11.5 Å². The average Bonchev–Trinajstić information content (AvgIpc) is 3.19. The van der Waals surface area contributed by atoms with Crippen molar-refractivity contribution in [2.75, 3.05) is 18.1 Å². The first kappa shape index (κ1) is 18.0. The number of alkyl halides is 3. The van der Waals surface area contributed by atoms with Crippen LogP contribution in [0, 0.1) is 0 Å². The molecule has 11 heteroatoms. The number of hydrogen-bond acceptors (Lipinski definition) is 7. The van der Waals surface area contributed by atoms with E-state index in [1.807, 2.05) is 30.3 Å². The van der Waals surface area contributed by atoms with E-state index in [4.69, 9.17) is 4.74 Å². The molecule has 1 aliphatic heterocycles. The number of nitrogens with zero attached hydrogens (tertiary/aromatic N) is 5. The molecule has 1 saturated heterocycles. The van der Waals surface area contributed by atoms with Crippen molar-refractivity contribution >= 4 is 11.7 Å². The minimum atomic E-state index is -4.75. The van der Waals surface area contributed by atoms with Crippen LogP contribution < -0.4 is 4.90 Å². The van der Waals surface area contributed by atoms with E-state index >= 15 is 0 Å². The fraction of sp³-hybridized carbons (Fsp3) is 0.235. The molecular weight excluding hydrogens is 379 g/mol. The molecule has 28 heavy (non-hydrogen) atoms. The van der Waals surface area contributed by atoms with Crippen LogP contribution in [0.2, 0.25) is 0 Å². The lowest BCUT2D eigenvalue weighted by atomic mass is 10.0. The molecule has 0 radical (unpaired) electrons. The Balaban J connectivity index is 1.63. The Bertz CT molecular complexity index is 976. The fourth-order valence-electron chi connectivity index (χ4n) is 2.80. The summed E-state index contributed by atoms with van der Waals surface area (Å²) in [4.78, 5) is 17.1. The number of benzene rings is 1. The number of halogens is 3. The standard InChI is InChI=1S/C17H12F3N5O3/c18-17(19,20)16-21-15(24-28-16)11-6-7-13(23-22-11)25-12(8-27-9-14(25)26)10-4-2-1-3-5-10/h1-7,12H,8-9H2. The Morgan fingerprint density at radius 3 is 2.50 bits per heavy atom. The Morgan fingerprint density at radius 1 is 1.07 bits per heavy atom. The van der Waals surface area contributed by atoms with Crippen LogP contribution in [0.3, 0.4) is 0 Å². The van der Waals surface area contributed by atoms with Crippen LogP contribution in [-0.4, -0.2) is 39.5 Å². The molecule has 0 aliphatic carbocycles. The first-order valence-electron chi connectivity index (χ1n) is 8.13. The van der Waals surface area contributed by atoms with Gasteiger partial charge in [0.2, 0.25) is 5.82 Å². The molecular formula is C17H12F3N5O3. The van der Waals surface area contributed by atoms with Gasteiger partial charge < -0.3 is 9.26 Å². The van der Waals surface area contributed by atoms with Crippen molar-refractivity contribution < 1.29 is 27.2 Å². The van der Waals surface area contributed by atoms with Crippen LogP contribution >= 0.6 is 0 Å². The van der Waals surface area contributed by atoms with E-state index in [1.54, 1.807) is 0 Å². The molecule has 1 atom stereocenters. The summed E-state index contributed by atoms with van der Waals surface area (Å²) in [6.07, 6.45) is -4.75. The number of hydrogen-bond donors (Lipinski definition) is 0. The van der Waals surface area contributed by atoms with E-state index < -0.39 is 18.1 Å². The molecule has 0 N–H and O–H groups in total. The Kier molecular flexibility index (Phi) is 4.51. The normalized spacial score (nSPS) is 17.8. The van der Waals surface area contributed by atoms with Crippen molar-refractivity contribution in [3.63, 3.8) is 0 Å². The molecule has 3 aromatic rings. The molecule has 0 bridgehead atoms. The third-order valence-corrected chi connectivity index (χ3v) is 4.06. The Hall–Kier alpha value is -3.34. The number of ether oxygens (including phenoxy) is 1. The van der Waals surface area contributed by atoms with Gasteiger partial charge in [0.1, 0.15) is 12.3 Å². The first-order valence-corrected chi connectivity index (χ1v) is 8.13. The van der Waals surface area contributed by atoms with Gasteiger partial charge >= 0.3 is 12.1 Å². The maximum absolute atomic E-state index is 12.6. The van der Waals surface area contributed by atoms with Crippen molar-refractivity contribution in [3.05, 3.63) is 53.9 Å². The highest BCUT2D eigenvalue weighted by Gasteiger charge is 2.39. The molecule has 1 fully saturated rings. The summed E-state index contributed by atoms with van der Waals surface area (Å²) in [5, 5.41) is 11.1. The summed E-state index contributed by atoms with van der Waals surface area (Å²) in [7, 11) is 0. The van der Waals surface area contributed by atoms with E-state index in [0.29, 0.717) is 0 Å². The minimum Gasteiger partial charge on any atom is -0.369 e. The summed E-state index contributed by atoms with van der Waals surface area (Å²) in [5.41, 5.74) is 0.842. The van der Waals surface area contributed by atoms with Crippen LogP contribution in [0.25, 0.3) is 11.5 Å². The maximum atomic E-state index is 12.6. The monoisotopic (exact) mass is 391 g/mol. The summed E-state index contributed by atoms with van der Waals surface area (Å²) >= 11 is 0. The second kappa shape index (κ2) is 7.00. The van der Waals surface area contributed by atoms with Gasteiger partial charge in [0.05, 0.1) is 12.6 Å². The molecule has 8 nitrogen and oxygen atoms in total. The van der Waals surface area contributed by atoms with E-state index in [-0.39, 0.29) is 36.5 Å². The number of carbonyl (C=O) groups excluding carboxylic acids is 1. The van der Waals surface area contributed by atoms with Crippen LogP contribution in [0.1, 0.15) is 17.5 Å². The van der Waals surface area contributed by atoms with E-state index in [0.717, 1.165) is 5.56 Å². The Labute approximate surface area is 155 Å². The maximum Gasteiger partial charge on any atom is 0.471 e. The lowest BCUT2D eigenvalue weighted by Crippen LogP contribution is -2.44. The first-order chi connectivity index (χ1) is 13.4. The van der Waals surface area contributed by atoms with Gasteiger partial charge in [-0.25, -0.2) is 0 Å². The van der Waals surface area contributed by atoms with Gasteiger partial charge in [-0.1, -0.05) is 35.5 Å². The second-order valence-electron chi connectivity index (χ2n) is 5.90. The quantitative estimate of drug-likeness (QED) is 0.677. The lowest BCUT2D eigenvalue weighted by Gasteiger charge is -2.34. The van der Waals surface area contributed by atoms with E-state index in [2.05, 4.69) is 24.9 Å². The third kappa shape index (κ3) is 3.43. The molecule has 0 spiro atoms. The Morgan fingerprint density at radius 2 is 1.86 bits per heavy atom. The smallest absolute Gasteiger partial charge is 0.369 e.